The number of rotatable bonds is 3. The van der Waals surface area contributed by atoms with Crippen LogP contribution in [0.15, 0.2) is 30.5 Å². The molecule has 0 aliphatic carbocycles. The lowest BCUT2D eigenvalue weighted by Crippen LogP contribution is -2.03. The number of carboxylic acid groups (broad SMARTS) is 1. The van der Waals surface area contributed by atoms with Crippen LogP contribution < -0.4 is 0 Å². The van der Waals surface area contributed by atoms with Gasteiger partial charge in [-0.15, -0.1) is 0 Å². The number of hydrogen-bond acceptors (Lipinski definition) is 2. The van der Waals surface area contributed by atoms with Crippen molar-refractivity contribution in [3.05, 3.63) is 53.4 Å². The summed E-state index contributed by atoms with van der Waals surface area (Å²) in [5.74, 6) is -2.81. The molecule has 1 aromatic heterocycles. The van der Waals surface area contributed by atoms with E-state index in [9.17, 15) is 13.6 Å². The highest BCUT2D eigenvalue weighted by Crippen LogP contribution is 2.20. The van der Waals surface area contributed by atoms with E-state index in [0.29, 0.717) is 5.69 Å². The van der Waals surface area contributed by atoms with Gasteiger partial charge in [0.2, 0.25) is 0 Å². The Morgan fingerprint density at radius 2 is 2.00 bits per heavy atom. The summed E-state index contributed by atoms with van der Waals surface area (Å²) in [4.78, 5) is 10.3. The molecule has 0 radical (unpaired) electrons. The summed E-state index contributed by atoms with van der Waals surface area (Å²) in [6.07, 6.45) is 3.38. The van der Waals surface area contributed by atoms with Crippen LogP contribution in [0, 0.1) is 18.6 Å². The molecule has 0 spiro atoms. The molecule has 0 aliphatic rings. The minimum Gasteiger partial charge on any atom is -0.478 e. The van der Waals surface area contributed by atoms with Crippen molar-refractivity contribution in [2.24, 2.45) is 0 Å². The number of aromatic nitrogens is 2. The van der Waals surface area contributed by atoms with Crippen LogP contribution in [0.4, 0.5) is 8.78 Å². The van der Waals surface area contributed by atoms with Crippen LogP contribution in [-0.2, 0) is 4.79 Å². The smallest absolute Gasteiger partial charge is 0.328 e. The van der Waals surface area contributed by atoms with Gasteiger partial charge in [-0.25, -0.2) is 18.3 Å². The first-order valence-electron chi connectivity index (χ1n) is 5.40. The third-order valence-corrected chi connectivity index (χ3v) is 2.41. The first-order chi connectivity index (χ1) is 8.97. The molecule has 4 nitrogen and oxygen atoms in total. The lowest BCUT2D eigenvalue weighted by molar-refractivity contribution is -0.131. The van der Waals surface area contributed by atoms with Gasteiger partial charge < -0.3 is 5.11 Å². The molecule has 0 fully saturated rings. The maximum absolute atomic E-state index is 13.8. The van der Waals surface area contributed by atoms with Crippen LogP contribution >= 0.6 is 0 Å². The maximum atomic E-state index is 13.8. The predicted octanol–water partition coefficient (Wildman–Crippen LogP) is 2.56. The number of aryl methyl sites for hydroxylation is 1. The van der Waals surface area contributed by atoms with Gasteiger partial charge in [0.1, 0.15) is 5.69 Å². The molecule has 2 rings (SSSR count). The number of carboxylic acids is 1. The molecule has 2 aromatic rings. The van der Waals surface area contributed by atoms with Gasteiger partial charge in [0.15, 0.2) is 11.6 Å². The summed E-state index contributed by atoms with van der Waals surface area (Å²) in [5.41, 5.74) is 0.472. The number of carbonyl (C=O) groups is 1. The number of halogens is 2. The van der Waals surface area contributed by atoms with Crippen molar-refractivity contribution >= 4 is 12.0 Å². The van der Waals surface area contributed by atoms with E-state index in [1.165, 1.54) is 6.20 Å². The molecule has 98 valence electrons. The van der Waals surface area contributed by atoms with Crippen molar-refractivity contribution in [1.29, 1.82) is 0 Å². The van der Waals surface area contributed by atoms with E-state index in [4.69, 9.17) is 5.11 Å². The zero-order valence-corrected chi connectivity index (χ0v) is 9.97. The summed E-state index contributed by atoms with van der Waals surface area (Å²) >= 11 is 0. The molecular weight excluding hydrogens is 254 g/mol. The summed E-state index contributed by atoms with van der Waals surface area (Å²) in [5, 5.41) is 12.4. The Morgan fingerprint density at radius 3 is 2.47 bits per heavy atom. The lowest BCUT2D eigenvalue weighted by Gasteiger charge is -2.06. The van der Waals surface area contributed by atoms with Crippen LogP contribution in [0.3, 0.4) is 0 Å². The van der Waals surface area contributed by atoms with Crippen LogP contribution in [0.2, 0.25) is 0 Å². The van der Waals surface area contributed by atoms with Crippen molar-refractivity contribution in [2.75, 3.05) is 0 Å². The molecular formula is C13H10F2N2O2. The second kappa shape index (κ2) is 5.01. The number of nitrogens with zero attached hydrogens (tertiary/aromatic N) is 2. The third kappa shape index (κ3) is 2.85. The van der Waals surface area contributed by atoms with Gasteiger partial charge >= 0.3 is 5.97 Å². The molecule has 1 N–H and O–H groups in total. The molecule has 0 atom stereocenters. The Balaban J connectivity index is 2.46. The summed E-state index contributed by atoms with van der Waals surface area (Å²) in [6.45, 7) is 1.70. The van der Waals surface area contributed by atoms with E-state index in [-0.39, 0.29) is 11.3 Å². The average molecular weight is 264 g/mol. The van der Waals surface area contributed by atoms with Gasteiger partial charge in [-0.1, -0.05) is 0 Å². The standard InChI is InChI=1S/C13H10F2N2O2/c1-8-4-5-17(16-8)13-10(14)6-9(7-11(13)15)2-3-12(18)19/h2-7H,1H3,(H,18,19). The molecule has 0 aliphatic heterocycles. The third-order valence-electron chi connectivity index (χ3n) is 2.41. The molecule has 6 heteroatoms. The summed E-state index contributed by atoms with van der Waals surface area (Å²) in [6, 6.07) is 3.72. The molecule has 0 saturated heterocycles. The Hall–Kier alpha value is -2.50. The topological polar surface area (TPSA) is 55.1 Å². The Morgan fingerprint density at radius 1 is 1.37 bits per heavy atom. The molecule has 19 heavy (non-hydrogen) atoms. The average Bonchev–Trinajstić information content (AvgIpc) is 2.72. The van der Waals surface area contributed by atoms with E-state index in [1.807, 2.05) is 0 Å². The largest absolute Gasteiger partial charge is 0.478 e. The normalized spacial score (nSPS) is 11.1. The zero-order valence-electron chi connectivity index (χ0n) is 9.97. The quantitative estimate of drug-likeness (QED) is 0.867. The Bertz CT molecular complexity index is 639. The summed E-state index contributed by atoms with van der Waals surface area (Å²) < 4.78 is 28.8. The molecule has 0 unspecified atom stereocenters. The minimum atomic E-state index is -1.19. The predicted molar refractivity (Wildman–Crippen MR) is 64.9 cm³/mol. The van der Waals surface area contributed by atoms with E-state index in [2.05, 4.69) is 5.10 Å². The van der Waals surface area contributed by atoms with Gasteiger partial charge in [0.25, 0.3) is 0 Å². The van der Waals surface area contributed by atoms with Crippen molar-refractivity contribution in [3.8, 4) is 5.69 Å². The van der Waals surface area contributed by atoms with Crippen molar-refractivity contribution < 1.29 is 18.7 Å². The number of hydrogen-bond donors (Lipinski definition) is 1. The van der Waals surface area contributed by atoms with E-state index >= 15 is 0 Å². The molecule has 1 aromatic carbocycles. The monoisotopic (exact) mass is 264 g/mol. The van der Waals surface area contributed by atoms with Crippen molar-refractivity contribution in [1.82, 2.24) is 9.78 Å². The van der Waals surface area contributed by atoms with Crippen LogP contribution in [-0.4, -0.2) is 20.9 Å². The second-order valence-corrected chi connectivity index (χ2v) is 3.91. The first-order valence-corrected chi connectivity index (χ1v) is 5.40. The van der Waals surface area contributed by atoms with E-state index in [0.717, 1.165) is 29.0 Å². The molecule has 0 amide bonds. The fraction of sp³-hybridized carbons (Fsp3) is 0.0769. The Labute approximate surface area is 107 Å². The highest BCUT2D eigenvalue weighted by molar-refractivity contribution is 5.85. The SMILES string of the molecule is Cc1ccn(-c2c(F)cc(C=CC(=O)O)cc2F)n1. The fourth-order valence-electron chi connectivity index (χ4n) is 1.61. The van der Waals surface area contributed by atoms with Gasteiger partial charge in [-0.3, -0.25) is 0 Å². The number of benzene rings is 1. The molecule has 1 heterocycles. The number of aliphatic carboxylic acids is 1. The Kier molecular flexibility index (Phi) is 3.41. The van der Waals surface area contributed by atoms with Crippen LogP contribution in [0.25, 0.3) is 11.8 Å². The maximum Gasteiger partial charge on any atom is 0.328 e. The van der Waals surface area contributed by atoms with E-state index in [1.54, 1.807) is 13.0 Å². The van der Waals surface area contributed by atoms with Gasteiger partial charge in [-0.2, -0.15) is 5.10 Å². The van der Waals surface area contributed by atoms with Gasteiger partial charge in [0.05, 0.1) is 5.69 Å². The van der Waals surface area contributed by atoms with Crippen LogP contribution in [0.5, 0.6) is 0 Å². The lowest BCUT2D eigenvalue weighted by atomic mass is 10.1. The fourth-order valence-corrected chi connectivity index (χ4v) is 1.61. The van der Waals surface area contributed by atoms with Gasteiger partial charge in [0, 0.05) is 12.3 Å². The van der Waals surface area contributed by atoms with Gasteiger partial charge in [-0.05, 0) is 36.8 Å². The van der Waals surface area contributed by atoms with E-state index < -0.39 is 17.6 Å². The minimum absolute atomic E-state index is 0.130. The van der Waals surface area contributed by atoms with Crippen LogP contribution in [0.1, 0.15) is 11.3 Å². The van der Waals surface area contributed by atoms with Crippen molar-refractivity contribution in [3.63, 3.8) is 0 Å². The molecule has 0 saturated carbocycles. The highest BCUT2D eigenvalue weighted by atomic mass is 19.1. The second-order valence-electron chi connectivity index (χ2n) is 3.91. The summed E-state index contributed by atoms with van der Waals surface area (Å²) in [7, 11) is 0. The van der Waals surface area contributed by atoms with Crippen molar-refractivity contribution in [2.45, 2.75) is 6.92 Å². The first kappa shape index (κ1) is 12.9. The highest BCUT2D eigenvalue weighted by Gasteiger charge is 2.13. The molecule has 0 bridgehead atoms. The zero-order chi connectivity index (χ0) is 14.0.